The zero-order valence-corrected chi connectivity index (χ0v) is 54.7. The molecule has 26 heteroatoms. The number of carbonyl (C=O) groups excluding carboxylic acids is 11. The summed E-state index contributed by atoms with van der Waals surface area (Å²) in [6.45, 7) is 8.88. The van der Waals surface area contributed by atoms with Gasteiger partial charge in [-0.25, -0.2) is 38.4 Å². The number of nitrogens with one attached hydrogen (secondary N) is 4. The maximum absolute atomic E-state index is 14.7. The van der Waals surface area contributed by atoms with E-state index in [9.17, 15) is 52.7 Å². The van der Waals surface area contributed by atoms with E-state index in [1.807, 2.05) is 0 Å². The van der Waals surface area contributed by atoms with Crippen LogP contribution in [-0.4, -0.2) is 165 Å². The number of fused-ring (bicyclic) bond motifs is 4. The average Bonchev–Trinajstić information content (AvgIpc) is 0.783. The average molecular weight is 1350 g/mol. The van der Waals surface area contributed by atoms with Gasteiger partial charge in [0.25, 0.3) is 0 Å². The molecular weight excluding hydrogens is 1270 g/mol. The van der Waals surface area contributed by atoms with Crippen molar-refractivity contribution in [3.05, 3.63) is 212 Å². The highest BCUT2D eigenvalue weighted by Gasteiger charge is 2.55. The fourth-order valence-electron chi connectivity index (χ4n) is 10.7. The molecular formula is C72H75N5O21. The first kappa shape index (κ1) is 71.3. The van der Waals surface area contributed by atoms with Crippen LogP contribution in [0.5, 0.6) is 0 Å². The monoisotopic (exact) mass is 1350 g/mol. The number of amides is 5. The lowest BCUT2D eigenvalue weighted by Gasteiger charge is -2.45. The molecule has 3 heterocycles. The van der Waals surface area contributed by atoms with E-state index in [-0.39, 0.29) is 33.4 Å². The van der Waals surface area contributed by atoms with Gasteiger partial charge in [0.15, 0.2) is 36.6 Å². The summed E-state index contributed by atoms with van der Waals surface area (Å²) in [5, 5.41) is 10.1. The zero-order valence-electron chi connectivity index (χ0n) is 54.7. The minimum Gasteiger partial charge on any atom is -0.452 e. The first-order chi connectivity index (χ1) is 46.8. The number of primary amides is 1. The van der Waals surface area contributed by atoms with Crippen molar-refractivity contribution < 1.29 is 100 Å². The fourth-order valence-corrected chi connectivity index (χ4v) is 10.7. The Morgan fingerprint density at radius 1 is 0.378 bits per heavy atom. The standard InChI is InChI=1S/C72H75N5O21/c1-38-8-20-45(21-9-38)65(81)93-57-52-34-74-63(79)44(7)76-71(87)89-36-54-59(95-67(83)47-24-12-40(3)13-25-47)62(98-70(86)50-30-18-43(6)19-31-50)58(94-66(82)46-22-10-39(2)11-23-46)53(92-54)35-75-64(80)51(32-33-56(73)78)77-72(88)90-37-55(91-52)60(96-68(84)48-26-14-41(4)15-27-48)61(57)97-69(85)49-28-16-42(5)17-29-49/h8-31,44,51-55,57-62H,32-37H2,1-7H3,(H2,73,78)(H,74,79)(H,75,80)(H,76,87)(H,77,88)/t44-,51?,52+,53+,54-,55-,57+,58+,59-,60+,61-,62-/m0/s1. The van der Waals surface area contributed by atoms with Crippen molar-refractivity contribution in [2.45, 2.75) is 134 Å². The van der Waals surface area contributed by atoms with Crippen molar-refractivity contribution in [3.63, 3.8) is 0 Å². The second-order valence-corrected chi connectivity index (χ2v) is 24.1. The molecule has 12 atom stereocenters. The number of hydrogen-bond acceptors (Lipinski definition) is 21. The van der Waals surface area contributed by atoms with Crippen LogP contribution in [0.3, 0.4) is 0 Å². The molecule has 1 unspecified atom stereocenters. The SMILES string of the molecule is Cc1ccc(C(=O)O[C@@H]2[C@@H](OC(=O)c3ccc(C)cc3)[C@@H]3COC(=O)N[C@@H](C)C(=O)NC[C@H]4O[C@@H](COC(=O)NC(CCC(N)=O)C(=O)NC[C@@H](O3)[C@H]2OC(=O)c2ccc(C)cc2)[C@@H](OC(=O)c2ccc(C)cc2)[C@@H](OC(=O)c2ccc(C)cc2)[C@@H]4OC(=O)c2ccc(C)cc2)cc1. The summed E-state index contributed by atoms with van der Waals surface area (Å²) in [5.41, 5.74) is 10.3. The third-order valence-corrected chi connectivity index (χ3v) is 16.4. The van der Waals surface area contributed by atoms with Crippen molar-refractivity contribution in [2.24, 2.45) is 5.73 Å². The lowest BCUT2D eigenvalue weighted by molar-refractivity contribution is -0.227. The van der Waals surface area contributed by atoms with E-state index in [0.29, 0.717) is 0 Å². The van der Waals surface area contributed by atoms with Gasteiger partial charge in [-0.15, -0.1) is 0 Å². The molecule has 0 saturated carbocycles. The molecule has 0 aromatic heterocycles. The van der Waals surface area contributed by atoms with Crippen LogP contribution >= 0.6 is 0 Å². The first-order valence-corrected chi connectivity index (χ1v) is 31.5. The largest absolute Gasteiger partial charge is 0.452 e. The highest BCUT2D eigenvalue weighted by molar-refractivity contribution is 5.94. The van der Waals surface area contributed by atoms with Gasteiger partial charge >= 0.3 is 48.0 Å². The summed E-state index contributed by atoms with van der Waals surface area (Å²) in [7, 11) is 0. The number of carbonyl (C=O) groups is 11. The number of hydrogen-bond donors (Lipinski definition) is 5. The van der Waals surface area contributed by atoms with Crippen molar-refractivity contribution >= 4 is 65.7 Å². The molecule has 4 bridgehead atoms. The summed E-state index contributed by atoms with van der Waals surface area (Å²) < 4.78 is 61.9. The lowest BCUT2D eigenvalue weighted by atomic mass is 9.93. The quantitative estimate of drug-likeness (QED) is 0.0545. The topological polar surface area (TPSA) is 354 Å². The van der Waals surface area contributed by atoms with Gasteiger partial charge in [0.1, 0.15) is 49.7 Å². The fraction of sp³-hybridized carbons (Fsp3) is 0.347. The predicted molar refractivity (Wildman–Crippen MR) is 346 cm³/mol. The molecule has 514 valence electrons. The van der Waals surface area contributed by atoms with Crippen molar-refractivity contribution in [1.82, 2.24) is 21.3 Å². The van der Waals surface area contributed by atoms with Crippen LogP contribution in [0, 0.1) is 41.5 Å². The second kappa shape index (κ2) is 32.6. The number of alkyl carbamates (subject to hydrolysis) is 2. The Balaban J connectivity index is 1.11. The highest BCUT2D eigenvalue weighted by Crippen LogP contribution is 2.34. The second-order valence-electron chi connectivity index (χ2n) is 24.1. The molecule has 3 aliphatic rings. The van der Waals surface area contributed by atoms with E-state index in [1.165, 1.54) is 79.7 Å². The van der Waals surface area contributed by atoms with E-state index in [0.717, 1.165) is 33.4 Å². The number of esters is 6. The summed E-state index contributed by atoms with van der Waals surface area (Å²) in [6, 6.07) is 34.0. The van der Waals surface area contributed by atoms with Gasteiger partial charge in [-0.2, -0.15) is 0 Å². The van der Waals surface area contributed by atoms with Gasteiger partial charge in [0.2, 0.25) is 17.7 Å². The molecule has 3 saturated heterocycles. The molecule has 26 nitrogen and oxygen atoms in total. The van der Waals surface area contributed by atoms with Crippen LogP contribution < -0.4 is 27.0 Å². The van der Waals surface area contributed by atoms with Crippen molar-refractivity contribution in [2.75, 3.05) is 26.3 Å². The first-order valence-electron chi connectivity index (χ1n) is 31.5. The van der Waals surface area contributed by atoms with Gasteiger partial charge in [0.05, 0.1) is 33.4 Å². The molecule has 0 radical (unpaired) electrons. The predicted octanol–water partition coefficient (Wildman–Crippen LogP) is 6.45. The molecule has 3 fully saturated rings. The van der Waals surface area contributed by atoms with E-state index in [1.54, 1.807) is 114 Å². The third-order valence-electron chi connectivity index (χ3n) is 16.4. The van der Waals surface area contributed by atoms with Crippen molar-refractivity contribution in [1.29, 1.82) is 0 Å². The van der Waals surface area contributed by atoms with Crippen molar-refractivity contribution in [3.8, 4) is 0 Å². The molecule has 5 amide bonds. The minimum atomic E-state index is -1.86. The molecule has 6 aromatic carbocycles. The van der Waals surface area contributed by atoms with Crippen LogP contribution in [0.1, 0.15) is 115 Å². The molecule has 6 aromatic rings. The van der Waals surface area contributed by atoms with Gasteiger partial charge in [-0.1, -0.05) is 106 Å². The van der Waals surface area contributed by atoms with E-state index in [2.05, 4.69) is 21.3 Å². The molecule has 0 spiro atoms. The van der Waals surface area contributed by atoms with Crippen LogP contribution in [0.25, 0.3) is 0 Å². The summed E-state index contributed by atoms with van der Waals surface area (Å²) in [4.78, 5) is 156. The Morgan fingerprint density at radius 3 is 0.918 bits per heavy atom. The summed E-state index contributed by atoms with van der Waals surface area (Å²) in [5.74, 6) is -8.83. The van der Waals surface area contributed by atoms with E-state index >= 15 is 0 Å². The third kappa shape index (κ3) is 18.9. The molecule has 3 aliphatic heterocycles. The van der Waals surface area contributed by atoms with Crippen LogP contribution in [0.2, 0.25) is 0 Å². The van der Waals surface area contributed by atoms with Crippen LogP contribution in [0.15, 0.2) is 146 Å². The van der Waals surface area contributed by atoms with Gasteiger partial charge in [-0.3, -0.25) is 14.4 Å². The Bertz CT molecular complexity index is 3890. The number of benzene rings is 6. The van der Waals surface area contributed by atoms with Crippen LogP contribution in [-0.2, 0) is 61.8 Å². The minimum absolute atomic E-state index is 0.00245. The normalized spacial score (nSPS) is 23.8. The van der Waals surface area contributed by atoms with E-state index < -0.39 is 178 Å². The number of ether oxygens (including phenoxy) is 10. The smallest absolute Gasteiger partial charge is 0.407 e. The lowest BCUT2D eigenvalue weighted by Crippen LogP contribution is -2.65. The van der Waals surface area contributed by atoms with Gasteiger partial charge < -0.3 is 74.4 Å². The Hall–Kier alpha value is -11.0. The van der Waals surface area contributed by atoms with E-state index in [4.69, 9.17) is 53.1 Å². The van der Waals surface area contributed by atoms with Crippen LogP contribution in [0.4, 0.5) is 9.59 Å². The number of rotatable bonds is 15. The molecule has 6 N–H and O–H groups in total. The zero-order chi connectivity index (χ0) is 70.3. The maximum atomic E-state index is 14.7. The Labute approximate surface area is 563 Å². The maximum Gasteiger partial charge on any atom is 0.407 e. The van der Waals surface area contributed by atoms with Gasteiger partial charge in [-0.05, 0) is 128 Å². The molecule has 98 heavy (non-hydrogen) atoms. The summed E-state index contributed by atoms with van der Waals surface area (Å²) in [6.07, 6.45) is -21.1. The highest BCUT2D eigenvalue weighted by atomic mass is 16.7. The number of cyclic esters (lactones) is 2. The summed E-state index contributed by atoms with van der Waals surface area (Å²) >= 11 is 0. The Morgan fingerprint density at radius 2 is 0.633 bits per heavy atom. The van der Waals surface area contributed by atoms with Gasteiger partial charge in [0, 0.05) is 19.5 Å². The Kier molecular flexibility index (Phi) is 23.7. The molecule has 9 rings (SSSR count). The molecule has 0 aliphatic carbocycles. The number of nitrogens with two attached hydrogens (primary N) is 1. The number of aryl methyl sites for hydroxylation is 6.